The number of rotatable bonds is 6. The Kier molecular flexibility index (Phi) is 4.90. The van der Waals surface area contributed by atoms with Crippen LogP contribution in [-0.2, 0) is 9.53 Å². The molecule has 1 saturated heterocycles. The molecule has 0 amide bonds. The van der Waals surface area contributed by atoms with Gasteiger partial charge in [0.2, 0.25) is 0 Å². The van der Waals surface area contributed by atoms with Crippen molar-refractivity contribution in [2.75, 3.05) is 19.8 Å². The van der Waals surface area contributed by atoms with Gasteiger partial charge in [0.15, 0.2) is 0 Å². The van der Waals surface area contributed by atoms with Crippen LogP contribution in [0.3, 0.4) is 0 Å². The molecule has 1 heterocycles. The second-order valence-corrected chi connectivity index (χ2v) is 4.05. The predicted molar refractivity (Wildman–Crippen MR) is 54.9 cm³/mol. The van der Waals surface area contributed by atoms with Crippen molar-refractivity contribution in [3.63, 3.8) is 0 Å². The van der Waals surface area contributed by atoms with Gasteiger partial charge in [0, 0.05) is 18.6 Å². The predicted octanol–water partition coefficient (Wildman–Crippen LogP) is 0.579. The summed E-state index contributed by atoms with van der Waals surface area (Å²) in [5.41, 5.74) is 0. The highest BCUT2D eigenvalue weighted by molar-refractivity contribution is 5.36. The highest BCUT2D eigenvalue weighted by atomic mass is 16.5. The lowest BCUT2D eigenvalue weighted by Gasteiger charge is -2.27. The van der Waals surface area contributed by atoms with Crippen molar-refractivity contribution in [2.24, 2.45) is 0 Å². The number of nitrogens with one attached hydrogen (secondary N) is 1. The summed E-state index contributed by atoms with van der Waals surface area (Å²) in [5.74, 6) is 0. The summed E-state index contributed by atoms with van der Waals surface area (Å²) < 4.78 is 4.78. The van der Waals surface area contributed by atoms with Gasteiger partial charge in [-0.15, -0.1) is 0 Å². The van der Waals surface area contributed by atoms with E-state index < -0.39 is 0 Å². The molecule has 1 aliphatic rings. The molecule has 1 N–H and O–H groups in total. The van der Waals surface area contributed by atoms with Crippen molar-refractivity contribution in [3.8, 4) is 0 Å². The van der Waals surface area contributed by atoms with Crippen molar-refractivity contribution < 1.29 is 9.53 Å². The van der Waals surface area contributed by atoms with E-state index in [1.807, 2.05) is 0 Å². The van der Waals surface area contributed by atoms with Gasteiger partial charge >= 0.3 is 0 Å². The lowest BCUT2D eigenvalue weighted by Crippen LogP contribution is -2.42. The van der Waals surface area contributed by atoms with Crippen LogP contribution in [0.25, 0.3) is 0 Å². The van der Waals surface area contributed by atoms with Crippen molar-refractivity contribution in [3.05, 3.63) is 0 Å². The van der Waals surface area contributed by atoms with Gasteiger partial charge < -0.3 is 10.1 Å². The average molecular weight is 200 g/mol. The molecular weight excluding hydrogens is 180 g/mol. The first-order chi connectivity index (χ1) is 6.74. The van der Waals surface area contributed by atoms with E-state index in [1.165, 1.54) is 12.8 Å². The van der Waals surface area contributed by atoms with Crippen molar-refractivity contribution in [2.45, 2.75) is 38.8 Å². The van der Waals surface area contributed by atoms with Crippen LogP contribution in [0, 0.1) is 0 Å². The zero-order chi connectivity index (χ0) is 10.4. The molecule has 1 aliphatic heterocycles. The van der Waals surface area contributed by atoms with Crippen LogP contribution >= 0.6 is 0 Å². The standard InChI is InChI=1S/C10H20N2O2/c1-9(2)12(7-14-8-13)6-10-4-3-5-11-10/h8-11H,3-7H2,1-2H3. The van der Waals surface area contributed by atoms with Crippen LogP contribution in [0.2, 0.25) is 0 Å². The molecule has 0 radical (unpaired) electrons. The number of hydrogen-bond acceptors (Lipinski definition) is 4. The molecular formula is C10H20N2O2. The number of nitrogens with zero attached hydrogens (tertiary/aromatic N) is 1. The third-order valence-electron chi connectivity index (χ3n) is 2.66. The first-order valence-corrected chi connectivity index (χ1v) is 5.26. The average Bonchev–Trinajstić information content (AvgIpc) is 2.64. The second-order valence-electron chi connectivity index (χ2n) is 4.05. The van der Waals surface area contributed by atoms with Crippen LogP contribution in [0.1, 0.15) is 26.7 Å². The topological polar surface area (TPSA) is 41.6 Å². The summed E-state index contributed by atoms with van der Waals surface area (Å²) in [6.07, 6.45) is 2.48. The molecule has 1 unspecified atom stereocenters. The van der Waals surface area contributed by atoms with Gasteiger partial charge in [-0.3, -0.25) is 9.69 Å². The number of carbonyl (C=O) groups excluding carboxylic acids is 1. The normalized spacial score (nSPS) is 21.9. The Morgan fingerprint density at radius 1 is 1.64 bits per heavy atom. The molecule has 14 heavy (non-hydrogen) atoms. The Labute approximate surface area is 85.6 Å². The van der Waals surface area contributed by atoms with E-state index in [9.17, 15) is 4.79 Å². The molecule has 0 spiro atoms. The fourth-order valence-electron chi connectivity index (χ4n) is 1.73. The van der Waals surface area contributed by atoms with Crippen LogP contribution in [0.4, 0.5) is 0 Å². The molecule has 0 saturated carbocycles. The summed E-state index contributed by atoms with van der Waals surface area (Å²) in [5, 5.41) is 3.43. The van der Waals surface area contributed by atoms with Crippen LogP contribution < -0.4 is 5.32 Å². The third-order valence-corrected chi connectivity index (χ3v) is 2.66. The maximum absolute atomic E-state index is 10.1. The lowest BCUT2D eigenvalue weighted by atomic mass is 10.2. The Bertz CT molecular complexity index is 168. The highest BCUT2D eigenvalue weighted by Crippen LogP contribution is 2.08. The maximum Gasteiger partial charge on any atom is 0.294 e. The number of hydrogen-bond donors (Lipinski definition) is 1. The van der Waals surface area contributed by atoms with Crippen LogP contribution in [0.5, 0.6) is 0 Å². The zero-order valence-corrected chi connectivity index (χ0v) is 9.03. The molecule has 0 bridgehead atoms. The van der Waals surface area contributed by atoms with E-state index in [-0.39, 0.29) is 0 Å². The van der Waals surface area contributed by atoms with E-state index in [0.717, 1.165) is 13.1 Å². The zero-order valence-electron chi connectivity index (χ0n) is 9.03. The van der Waals surface area contributed by atoms with E-state index >= 15 is 0 Å². The van der Waals surface area contributed by atoms with Gasteiger partial charge in [-0.25, -0.2) is 0 Å². The first kappa shape index (κ1) is 11.5. The maximum atomic E-state index is 10.1. The van der Waals surface area contributed by atoms with E-state index in [0.29, 0.717) is 25.3 Å². The quantitative estimate of drug-likeness (QED) is 0.503. The Morgan fingerprint density at radius 3 is 2.93 bits per heavy atom. The van der Waals surface area contributed by atoms with E-state index in [4.69, 9.17) is 4.74 Å². The third kappa shape index (κ3) is 3.64. The molecule has 1 rings (SSSR count). The summed E-state index contributed by atoms with van der Waals surface area (Å²) in [6, 6.07) is 0.977. The summed E-state index contributed by atoms with van der Waals surface area (Å²) >= 11 is 0. The molecule has 1 fully saturated rings. The fraction of sp³-hybridized carbons (Fsp3) is 0.900. The Morgan fingerprint density at radius 2 is 2.43 bits per heavy atom. The minimum absolute atomic E-state index is 0.402. The minimum Gasteiger partial charge on any atom is -0.452 e. The smallest absolute Gasteiger partial charge is 0.294 e. The van der Waals surface area contributed by atoms with Gasteiger partial charge in [0.25, 0.3) is 6.47 Å². The molecule has 82 valence electrons. The molecule has 0 aromatic heterocycles. The second kappa shape index (κ2) is 5.98. The largest absolute Gasteiger partial charge is 0.452 e. The molecule has 0 aliphatic carbocycles. The van der Waals surface area contributed by atoms with E-state index in [2.05, 4.69) is 24.1 Å². The molecule has 0 aromatic carbocycles. The monoisotopic (exact) mass is 200 g/mol. The van der Waals surface area contributed by atoms with E-state index in [1.54, 1.807) is 0 Å². The van der Waals surface area contributed by atoms with Crippen molar-refractivity contribution >= 4 is 6.47 Å². The summed E-state index contributed by atoms with van der Waals surface area (Å²) in [6.45, 7) is 7.22. The first-order valence-electron chi connectivity index (χ1n) is 5.26. The fourth-order valence-corrected chi connectivity index (χ4v) is 1.73. The number of carbonyl (C=O) groups is 1. The molecule has 0 aromatic rings. The summed E-state index contributed by atoms with van der Waals surface area (Å²) in [7, 11) is 0. The SMILES string of the molecule is CC(C)N(COC=O)CC1CCCN1. The summed E-state index contributed by atoms with van der Waals surface area (Å²) in [4.78, 5) is 12.3. The number of ether oxygens (including phenoxy) is 1. The van der Waals surface area contributed by atoms with Crippen LogP contribution in [0.15, 0.2) is 0 Å². The molecule has 4 nitrogen and oxygen atoms in total. The minimum atomic E-state index is 0.402. The molecule has 1 atom stereocenters. The van der Waals surface area contributed by atoms with Gasteiger partial charge in [-0.1, -0.05) is 0 Å². The van der Waals surface area contributed by atoms with Gasteiger partial charge in [0.05, 0.1) is 0 Å². The highest BCUT2D eigenvalue weighted by Gasteiger charge is 2.19. The van der Waals surface area contributed by atoms with Crippen molar-refractivity contribution in [1.82, 2.24) is 10.2 Å². The van der Waals surface area contributed by atoms with Crippen LogP contribution in [-0.4, -0.2) is 43.3 Å². The lowest BCUT2D eigenvalue weighted by molar-refractivity contribution is -0.134. The Balaban J connectivity index is 2.29. The van der Waals surface area contributed by atoms with Gasteiger partial charge in [-0.05, 0) is 33.2 Å². The van der Waals surface area contributed by atoms with Gasteiger partial charge in [-0.2, -0.15) is 0 Å². The van der Waals surface area contributed by atoms with Crippen molar-refractivity contribution in [1.29, 1.82) is 0 Å². The Hall–Kier alpha value is -0.610. The van der Waals surface area contributed by atoms with Gasteiger partial charge in [0.1, 0.15) is 6.73 Å². The molecule has 4 heteroatoms.